The number of aryl methyl sites for hydroxylation is 1. The highest BCUT2D eigenvalue weighted by Crippen LogP contribution is 2.24. The summed E-state index contributed by atoms with van der Waals surface area (Å²) in [5, 5.41) is 3.27. The molecule has 1 aliphatic carbocycles. The molecular weight excluding hydrogens is 177 g/mol. The maximum absolute atomic E-state index is 13.4. The predicted octanol–water partition coefficient (Wildman–Crippen LogP) is 3.49. The molecule has 1 saturated carbocycles. The van der Waals surface area contributed by atoms with Gasteiger partial charge in [0.1, 0.15) is 5.82 Å². The van der Waals surface area contributed by atoms with E-state index >= 15 is 0 Å². The molecule has 76 valence electrons. The van der Waals surface area contributed by atoms with Crippen molar-refractivity contribution in [2.75, 3.05) is 5.32 Å². The molecule has 2 rings (SSSR count). The first kappa shape index (κ1) is 9.50. The molecule has 0 radical (unpaired) electrons. The van der Waals surface area contributed by atoms with Gasteiger partial charge in [0.2, 0.25) is 0 Å². The molecule has 0 atom stereocenters. The van der Waals surface area contributed by atoms with Crippen LogP contribution in [0.5, 0.6) is 0 Å². The molecule has 0 aliphatic heterocycles. The van der Waals surface area contributed by atoms with Gasteiger partial charge in [-0.05, 0) is 37.5 Å². The van der Waals surface area contributed by atoms with Crippen molar-refractivity contribution < 1.29 is 4.39 Å². The lowest BCUT2D eigenvalue weighted by Crippen LogP contribution is -2.15. The zero-order valence-corrected chi connectivity index (χ0v) is 8.52. The van der Waals surface area contributed by atoms with E-state index in [1.54, 1.807) is 6.07 Å². The number of halogens is 1. The average Bonchev–Trinajstić information content (AvgIpc) is 2.64. The molecule has 0 saturated heterocycles. The molecule has 0 amide bonds. The summed E-state index contributed by atoms with van der Waals surface area (Å²) in [5.41, 5.74) is 1.77. The summed E-state index contributed by atoms with van der Waals surface area (Å²) < 4.78 is 13.4. The molecule has 1 aromatic rings. The minimum absolute atomic E-state index is 0.137. The van der Waals surface area contributed by atoms with E-state index < -0.39 is 0 Å². The highest BCUT2D eigenvalue weighted by Gasteiger charge is 2.15. The van der Waals surface area contributed by atoms with Crippen LogP contribution in [-0.2, 0) is 0 Å². The van der Waals surface area contributed by atoms with Crippen LogP contribution < -0.4 is 5.32 Å². The van der Waals surface area contributed by atoms with Gasteiger partial charge in [0, 0.05) is 6.04 Å². The zero-order chi connectivity index (χ0) is 9.97. The molecule has 0 spiro atoms. The summed E-state index contributed by atoms with van der Waals surface area (Å²) >= 11 is 0. The van der Waals surface area contributed by atoms with Crippen molar-refractivity contribution in [3.8, 4) is 0 Å². The second-order valence-electron chi connectivity index (χ2n) is 4.11. The summed E-state index contributed by atoms with van der Waals surface area (Å²) in [4.78, 5) is 0. The number of hydrogen-bond donors (Lipinski definition) is 1. The van der Waals surface area contributed by atoms with Crippen LogP contribution >= 0.6 is 0 Å². The molecular formula is C12H16FN. The Bertz CT molecular complexity index is 316. The summed E-state index contributed by atoms with van der Waals surface area (Å²) in [6.45, 7) is 1.99. The number of hydrogen-bond acceptors (Lipinski definition) is 1. The van der Waals surface area contributed by atoms with E-state index in [1.165, 1.54) is 31.7 Å². The molecule has 14 heavy (non-hydrogen) atoms. The Morgan fingerprint density at radius 2 is 2.00 bits per heavy atom. The second-order valence-corrected chi connectivity index (χ2v) is 4.11. The van der Waals surface area contributed by atoms with Crippen molar-refractivity contribution >= 4 is 5.69 Å². The van der Waals surface area contributed by atoms with Gasteiger partial charge in [-0.15, -0.1) is 0 Å². The van der Waals surface area contributed by atoms with Gasteiger partial charge in [-0.25, -0.2) is 4.39 Å². The normalized spacial score (nSPS) is 17.3. The topological polar surface area (TPSA) is 12.0 Å². The lowest BCUT2D eigenvalue weighted by molar-refractivity contribution is 0.623. The highest BCUT2D eigenvalue weighted by molar-refractivity contribution is 5.47. The standard InChI is InChI=1S/C12H16FN/c1-9-6-7-11(13)12(8-9)14-10-4-2-3-5-10/h6-8,10,14H,2-5H2,1H3. The van der Waals surface area contributed by atoms with Gasteiger partial charge in [0.15, 0.2) is 0 Å². The van der Waals surface area contributed by atoms with Crippen LogP contribution in [0, 0.1) is 12.7 Å². The van der Waals surface area contributed by atoms with E-state index in [-0.39, 0.29) is 5.82 Å². The first-order valence-electron chi connectivity index (χ1n) is 5.28. The fraction of sp³-hybridized carbons (Fsp3) is 0.500. The van der Waals surface area contributed by atoms with Gasteiger partial charge in [-0.1, -0.05) is 18.9 Å². The molecule has 0 aromatic heterocycles. The third-order valence-corrected chi connectivity index (χ3v) is 2.84. The third kappa shape index (κ3) is 2.06. The van der Waals surface area contributed by atoms with Crippen molar-refractivity contribution in [1.82, 2.24) is 0 Å². The summed E-state index contributed by atoms with van der Waals surface area (Å²) in [6.07, 6.45) is 4.89. The minimum atomic E-state index is -0.137. The summed E-state index contributed by atoms with van der Waals surface area (Å²) in [7, 11) is 0. The molecule has 2 heteroatoms. The minimum Gasteiger partial charge on any atom is -0.380 e. The average molecular weight is 193 g/mol. The van der Waals surface area contributed by atoms with Crippen LogP contribution in [0.4, 0.5) is 10.1 Å². The van der Waals surface area contributed by atoms with Gasteiger partial charge in [-0.3, -0.25) is 0 Å². The van der Waals surface area contributed by atoms with E-state index in [2.05, 4.69) is 5.32 Å². The molecule has 0 heterocycles. The van der Waals surface area contributed by atoms with E-state index in [9.17, 15) is 4.39 Å². The second kappa shape index (κ2) is 3.99. The third-order valence-electron chi connectivity index (χ3n) is 2.84. The Balaban J connectivity index is 2.10. The zero-order valence-electron chi connectivity index (χ0n) is 8.52. The Morgan fingerprint density at radius 3 is 2.71 bits per heavy atom. The van der Waals surface area contributed by atoms with E-state index in [0.29, 0.717) is 11.7 Å². The molecule has 0 bridgehead atoms. The first-order valence-corrected chi connectivity index (χ1v) is 5.28. The Morgan fingerprint density at radius 1 is 1.29 bits per heavy atom. The largest absolute Gasteiger partial charge is 0.380 e. The van der Waals surface area contributed by atoms with Gasteiger partial charge in [0.05, 0.1) is 5.69 Å². The van der Waals surface area contributed by atoms with Crippen molar-refractivity contribution in [2.24, 2.45) is 0 Å². The Labute approximate surface area is 84.3 Å². The summed E-state index contributed by atoms with van der Waals surface area (Å²) in [6, 6.07) is 5.70. The van der Waals surface area contributed by atoms with Crippen LogP contribution in [0.15, 0.2) is 18.2 Å². The first-order chi connectivity index (χ1) is 6.75. The van der Waals surface area contributed by atoms with Gasteiger partial charge >= 0.3 is 0 Å². The lowest BCUT2D eigenvalue weighted by atomic mass is 10.2. The fourth-order valence-electron chi connectivity index (χ4n) is 2.04. The molecule has 1 aliphatic rings. The Kier molecular flexibility index (Phi) is 2.71. The van der Waals surface area contributed by atoms with Crippen molar-refractivity contribution in [3.05, 3.63) is 29.6 Å². The SMILES string of the molecule is Cc1ccc(F)c(NC2CCCC2)c1. The van der Waals surface area contributed by atoms with Crippen LogP contribution in [0.3, 0.4) is 0 Å². The van der Waals surface area contributed by atoms with Crippen LogP contribution in [-0.4, -0.2) is 6.04 Å². The molecule has 0 unspecified atom stereocenters. The quantitative estimate of drug-likeness (QED) is 0.758. The number of nitrogens with one attached hydrogen (secondary N) is 1. The maximum Gasteiger partial charge on any atom is 0.146 e. The molecule has 1 fully saturated rings. The highest BCUT2D eigenvalue weighted by atomic mass is 19.1. The lowest BCUT2D eigenvalue weighted by Gasteiger charge is -2.14. The number of rotatable bonds is 2. The van der Waals surface area contributed by atoms with Crippen molar-refractivity contribution in [1.29, 1.82) is 0 Å². The van der Waals surface area contributed by atoms with E-state index in [4.69, 9.17) is 0 Å². The maximum atomic E-state index is 13.4. The van der Waals surface area contributed by atoms with Crippen LogP contribution in [0.25, 0.3) is 0 Å². The molecule has 1 aromatic carbocycles. The summed E-state index contributed by atoms with van der Waals surface area (Å²) in [5.74, 6) is -0.137. The van der Waals surface area contributed by atoms with Crippen LogP contribution in [0.2, 0.25) is 0 Å². The van der Waals surface area contributed by atoms with Gasteiger partial charge in [-0.2, -0.15) is 0 Å². The van der Waals surface area contributed by atoms with E-state index in [0.717, 1.165) is 5.56 Å². The monoisotopic (exact) mass is 193 g/mol. The molecule has 1 nitrogen and oxygen atoms in total. The fourth-order valence-corrected chi connectivity index (χ4v) is 2.04. The van der Waals surface area contributed by atoms with Crippen molar-refractivity contribution in [3.63, 3.8) is 0 Å². The van der Waals surface area contributed by atoms with Gasteiger partial charge in [0.25, 0.3) is 0 Å². The number of anilines is 1. The van der Waals surface area contributed by atoms with Gasteiger partial charge < -0.3 is 5.32 Å². The van der Waals surface area contributed by atoms with E-state index in [1.807, 2.05) is 13.0 Å². The number of benzene rings is 1. The van der Waals surface area contributed by atoms with Crippen LogP contribution in [0.1, 0.15) is 31.2 Å². The van der Waals surface area contributed by atoms with Crippen molar-refractivity contribution in [2.45, 2.75) is 38.6 Å². The smallest absolute Gasteiger partial charge is 0.146 e. The predicted molar refractivity (Wildman–Crippen MR) is 57.0 cm³/mol. The Hall–Kier alpha value is -1.05. The molecule has 1 N–H and O–H groups in total.